The minimum absolute atomic E-state index is 0.152. The van der Waals surface area contributed by atoms with Gasteiger partial charge in [-0.25, -0.2) is 0 Å². The van der Waals surface area contributed by atoms with Gasteiger partial charge in [0, 0.05) is 17.8 Å². The number of hydrogen-bond acceptors (Lipinski definition) is 5. The van der Waals surface area contributed by atoms with E-state index in [-0.39, 0.29) is 12.5 Å². The van der Waals surface area contributed by atoms with E-state index in [1.165, 1.54) is 7.11 Å². The zero-order valence-electron chi connectivity index (χ0n) is 9.75. The van der Waals surface area contributed by atoms with E-state index >= 15 is 0 Å². The van der Waals surface area contributed by atoms with Gasteiger partial charge >= 0.3 is 5.97 Å². The van der Waals surface area contributed by atoms with E-state index in [0.717, 1.165) is 10.8 Å². The Morgan fingerprint density at radius 2 is 2.18 bits per heavy atom. The minimum atomic E-state index is -0.303. The summed E-state index contributed by atoms with van der Waals surface area (Å²) < 4.78 is 4.63. The number of ether oxygens (including phenoxy) is 1. The first kappa shape index (κ1) is 11.3. The summed E-state index contributed by atoms with van der Waals surface area (Å²) in [5.41, 5.74) is 0. The number of likely N-dealkylation sites (N-methyl/N-ethyl adjacent to an activating group) is 1. The molecule has 1 aromatic carbocycles. The average Bonchev–Trinajstić information content (AvgIpc) is 2.37. The SMILES string of the molecule is COC(=O)CN(C)c1nncc2ccccc12. The fourth-order valence-electron chi connectivity index (χ4n) is 1.63. The van der Waals surface area contributed by atoms with Crippen LogP contribution in [-0.2, 0) is 9.53 Å². The van der Waals surface area contributed by atoms with Crippen LogP contribution in [0.2, 0.25) is 0 Å². The molecule has 0 bridgehead atoms. The summed E-state index contributed by atoms with van der Waals surface area (Å²) in [4.78, 5) is 12.9. The topological polar surface area (TPSA) is 55.3 Å². The lowest BCUT2D eigenvalue weighted by molar-refractivity contribution is -0.138. The van der Waals surface area contributed by atoms with Crippen molar-refractivity contribution in [1.82, 2.24) is 10.2 Å². The van der Waals surface area contributed by atoms with Crippen LogP contribution in [0.25, 0.3) is 10.8 Å². The van der Waals surface area contributed by atoms with Crippen LogP contribution in [0, 0.1) is 0 Å². The number of hydrogen-bond donors (Lipinski definition) is 0. The van der Waals surface area contributed by atoms with Crippen LogP contribution in [0.3, 0.4) is 0 Å². The van der Waals surface area contributed by atoms with Crippen molar-refractivity contribution < 1.29 is 9.53 Å². The Hall–Kier alpha value is -2.17. The van der Waals surface area contributed by atoms with E-state index in [4.69, 9.17) is 0 Å². The molecule has 0 saturated carbocycles. The Labute approximate surface area is 99.0 Å². The number of aromatic nitrogens is 2. The third-order valence-electron chi connectivity index (χ3n) is 2.51. The first-order valence-electron chi connectivity index (χ1n) is 5.20. The average molecular weight is 231 g/mol. The molecule has 0 saturated heterocycles. The molecule has 17 heavy (non-hydrogen) atoms. The van der Waals surface area contributed by atoms with E-state index in [1.807, 2.05) is 24.3 Å². The molecule has 0 radical (unpaired) electrons. The second-order valence-electron chi connectivity index (χ2n) is 3.69. The van der Waals surface area contributed by atoms with Gasteiger partial charge in [-0.2, -0.15) is 5.10 Å². The molecule has 0 unspecified atom stereocenters. The molecule has 2 rings (SSSR count). The minimum Gasteiger partial charge on any atom is -0.468 e. The highest BCUT2D eigenvalue weighted by atomic mass is 16.5. The second-order valence-corrected chi connectivity index (χ2v) is 3.69. The maximum absolute atomic E-state index is 11.2. The Balaban J connectivity index is 2.38. The molecule has 88 valence electrons. The first-order chi connectivity index (χ1) is 8.22. The first-order valence-corrected chi connectivity index (χ1v) is 5.20. The molecule has 0 spiro atoms. The van der Waals surface area contributed by atoms with Crippen LogP contribution >= 0.6 is 0 Å². The summed E-state index contributed by atoms with van der Waals surface area (Å²) in [7, 11) is 3.15. The molecule has 2 aromatic rings. The lowest BCUT2D eigenvalue weighted by atomic mass is 10.2. The monoisotopic (exact) mass is 231 g/mol. The number of benzene rings is 1. The Morgan fingerprint density at radius 1 is 1.41 bits per heavy atom. The normalized spacial score (nSPS) is 10.2. The number of fused-ring (bicyclic) bond motifs is 1. The summed E-state index contributed by atoms with van der Waals surface area (Å²) in [5.74, 6) is 0.371. The molecule has 0 aliphatic heterocycles. The molecule has 0 atom stereocenters. The van der Waals surface area contributed by atoms with Crippen LogP contribution in [0.15, 0.2) is 30.5 Å². The van der Waals surface area contributed by atoms with E-state index in [2.05, 4.69) is 14.9 Å². The van der Waals surface area contributed by atoms with Gasteiger partial charge in [0.15, 0.2) is 5.82 Å². The zero-order chi connectivity index (χ0) is 12.3. The van der Waals surface area contributed by atoms with Gasteiger partial charge in [-0.15, -0.1) is 5.10 Å². The number of rotatable bonds is 3. The van der Waals surface area contributed by atoms with E-state index in [1.54, 1.807) is 18.1 Å². The van der Waals surface area contributed by atoms with Gasteiger partial charge in [-0.05, 0) is 0 Å². The number of esters is 1. The smallest absolute Gasteiger partial charge is 0.325 e. The van der Waals surface area contributed by atoms with Crippen molar-refractivity contribution in [3.8, 4) is 0 Å². The third kappa shape index (κ3) is 2.33. The number of anilines is 1. The van der Waals surface area contributed by atoms with Gasteiger partial charge in [-0.3, -0.25) is 4.79 Å². The number of carbonyl (C=O) groups is 1. The lowest BCUT2D eigenvalue weighted by Crippen LogP contribution is -2.27. The summed E-state index contributed by atoms with van der Waals surface area (Å²) in [5, 5.41) is 9.95. The van der Waals surface area contributed by atoms with Crippen LogP contribution in [0.5, 0.6) is 0 Å². The molecular formula is C12H13N3O2. The largest absolute Gasteiger partial charge is 0.468 e. The highest BCUT2D eigenvalue weighted by Crippen LogP contribution is 2.21. The van der Waals surface area contributed by atoms with Gasteiger partial charge in [0.05, 0.1) is 13.3 Å². The second kappa shape index (κ2) is 4.78. The quantitative estimate of drug-likeness (QED) is 0.744. The maximum atomic E-state index is 11.2. The highest BCUT2D eigenvalue weighted by molar-refractivity contribution is 5.92. The number of nitrogens with zero attached hydrogens (tertiary/aromatic N) is 3. The van der Waals surface area contributed by atoms with Crippen molar-refractivity contribution in [2.45, 2.75) is 0 Å². The molecule has 1 aromatic heterocycles. The fourth-order valence-corrected chi connectivity index (χ4v) is 1.63. The van der Waals surface area contributed by atoms with Gasteiger partial charge in [0.2, 0.25) is 0 Å². The van der Waals surface area contributed by atoms with Crippen molar-refractivity contribution in [2.24, 2.45) is 0 Å². The molecule has 5 nitrogen and oxygen atoms in total. The predicted octanol–water partition coefficient (Wildman–Crippen LogP) is 1.24. The van der Waals surface area contributed by atoms with Crippen molar-refractivity contribution in [1.29, 1.82) is 0 Å². The van der Waals surface area contributed by atoms with Crippen LogP contribution in [0.1, 0.15) is 0 Å². The molecule has 5 heteroatoms. The summed E-state index contributed by atoms with van der Waals surface area (Å²) in [6, 6.07) is 7.78. The van der Waals surface area contributed by atoms with Crippen LogP contribution in [-0.4, -0.2) is 36.9 Å². The number of carbonyl (C=O) groups excluding carboxylic acids is 1. The molecule has 0 fully saturated rings. The fraction of sp³-hybridized carbons (Fsp3) is 0.250. The summed E-state index contributed by atoms with van der Waals surface area (Å²) in [6.07, 6.45) is 1.70. The molecule has 0 amide bonds. The predicted molar refractivity (Wildman–Crippen MR) is 64.8 cm³/mol. The molecule has 1 heterocycles. The third-order valence-corrected chi connectivity index (χ3v) is 2.51. The van der Waals surface area contributed by atoms with Crippen molar-refractivity contribution in [2.75, 3.05) is 25.6 Å². The van der Waals surface area contributed by atoms with Crippen molar-refractivity contribution >= 4 is 22.6 Å². The lowest BCUT2D eigenvalue weighted by Gasteiger charge is -2.17. The number of methoxy groups -OCH3 is 1. The Bertz CT molecular complexity index is 537. The maximum Gasteiger partial charge on any atom is 0.325 e. The van der Waals surface area contributed by atoms with Crippen LogP contribution < -0.4 is 4.90 Å². The van der Waals surface area contributed by atoms with Gasteiger partial charge in [-0.1, -0.05) is 24.3 Å². The van der Waals surface area contributed by atoms with E-state index in [0.29, 0.717) is 5.82 Å². The molecule has 0 aliphatic rings. The Morgan fingerprint density at radius 3 is 2.94 bits per heavy atom. The Kier molecular flexibility index (Phi) is 3.18. The summed E-state index contributed by atoms with van der Waals surface area (Å²) >= 11 is 0. The molecular weight excluding hydrogens is 218 g/mol. The summed E-state index contributed by atoms with van der Waals surface area (Å²) in [6.45, 7) is 0.152. The van der Waals surface area contributed by atoms with Gasteiger partial charge in [0.25, 0.3) is 0 Å². The van der Waals surface area contributed by atoms with E-state index < -0.39 is 0 Å². The van der Waals surface area contributed by atoms with Crippen molar-refractivity contribution in [3.63, 3.8) is 0 Å². The zero-order valence-corrected chi connectivity index (χ0v) is 9.75. The van der Waals surface area contributed by atoms with Crippen LogP contribution in [0.4, 0.5) is 5.82 Å². The standard InChI is InChI=1S/C12H13N3O2/c1-15(8-11(16)17-2)12-10-6-4-3-5-9(10)7-13-14-12/h3-7H,8H2,1-2H3. The van der Waals surface area contributed by atoms with E-state index in [9.17, 15) is 4.79 Å². The molecule has 0 aliphatic carbocycles. The molecule has 0 N–H and O–H groups in total. The van der Waals surface area contributed by atoms with Gasteiger partial charge in [0.1, 0.15) is 6.54 Å². The highest BCUT2D eigenvalue weighted by Gasteiger charge is 2.11. The van der Waals surface area contributed by atoms with Crippen molar-refractivity contribution in [3.05, 3.63) is 30.5 Å². The van der Waals surface area contributed by atoms with Gasteiger partial charge < -0.3 is 9.64 Å².